The van der Waals surface area contributed by atoms with Crippen LogP contribution in [0.2, 0.25) is 0 Å². The zero-order valence-corrected chi connectivity index (χ0v) is 15.4. The molecule has 1 saturated heterocycles. The number of rotatable bonds is 4. The van der Waals surface area contributed by atoms with Gasteiger partial charge in [-0.2, -0.15) is 13.2 Å². The van der Waals surface area contributed by atoms with Crippen molar-refractivity contribution in [2.24, 2.45) is 0 Å². The number of hydrogen-bond donors (Lipinski definition) is 1. The molecule has 1 aromatic rings. The minimum atomic E-state index is -4.49. The fourth-order valence-corrected chi connectivity index (χ4v) is 3.64. The van der Waals surface area contributed by atoms with E-state index in [9.17, 15) is 18.0 Å². The molecule has 1 heterocycles. The molecule has 0 aromatic heterocycles. The lowest BCUT2D eigenvalue weighted by molar-refractivity contribution is -0.136. The van der Waals surface area contributed by atoms with Crippen molar-refractivity contribution in [2.75, 3.05) is 38.0 Å². The molecule has 0 atom stereocenters. The average molecular weight is 381 g/mol. The van der Waals surface area contributed by atoms with E-state index in [1.165, 1.54) is 49.5 Å². The minimum absolute atomic E-state index is 0.193. The van der Waals surface area contributed by atoms with Crippen LogP contribution in [0.1, 0.15) is 37.7 Å². The van der Waals surface area contributed by atoms with Gasteiger partial charge in [-0.05, 0) is 44.2 Å². The van der Waals surface area contributed by atoms with Crippen molar-refractivity contribution in [2.45, 2.75) is 38.3 Å². The lowest BCUT2D eigenvalue weighted by Gasteiger charge is -2.35. The molecule has 1 aliphatic carbocycles. The normalized spacial score (nSPS) is 18.9. The number of amides is 2. The number of nitrogens with zero attached hydrogens (tertiary/aromatic N) is 2. The number of anilines is 1. The monoisotopic (exact) mass is 381 g/mol. The molecule has 2 aliphatic rings. The molecule has 4 nitrogen and oxygen atoms in total. The summed E-state index contributed by atoms with van der Waals surface area (Å²) in [4.78, 5) is 16.3. The Bertz CT molecular complexity index is 679. The summed E-state index contributed by atoms with van der Waals surface area (Å²) >= 11 is 0. The van der Waals surface area contributed by atoms with Gasteiger partial charge in [0.15, 0.2) is 0 Å². The highest BCUT2D eigenvalue weighted by Gasteiger charge is 2.34. The van der Waals surface area contributed by atoms with E-state index < -0.39 is 17.8 Å². The lowest BCUT2D eigenvalue weighted by Crippen LogP contribution is -2.50. The standard InChI is InChI=1S/C20H26F3N3O/c21-20(22,23)17-8-4-5-9-18(17)24-19(27)26-14-12-25(13-15-26)11-10-16-6-2-1-3-7-16/h4-6,8-9H,1-3,7,10-15H2,(H,24,27). The molecule has 1 aliphatic heterocycles. The van der Waals surface area contributed by atoms with E-state index in [-0.39, 0.29) is 5.69 Å². The number of carbonyl (C=O) groups is 1. The van der Waals surface area contributed by atoms with E-state index in [2.05, 4.69) is 16.3 Å². The third-order valence-electron chi connectivity index (χ3n) is 5.27. The Morgan fingerprint density at radius 2 is 1.81 bits per heavy atom. The second-order valence-electron chi connectivity index (χ2n) is 7.16. The lowest BCUT2D eigenvalue weighted by atomic mass is 9.97. The van der Waals surface area contributed by atoms with Crippen LogP contribution in [0.4, 0.5) is 23.7 Å². The molecular formula is C20H26F3N3O. The first-order valence-corrected chi connectivity index (χ1v) is 9.56. The summed E-state index contributed by atoms with van der Waals surface area (Å²) in [5.74, 6) is 0. The molecule has 1 N–H and O–H groups in total. The number of carbonyl (C=O) groups excluding carboxylic acids is 1. The van der Waals surface area contributed by atoms with E-state index in [4.69, 9.17) is 0 Å². The second kappa shape index (κ2) is 8.78. The summed E-state index contributed by atoms with van der Waals surface area (Å²) in [5.41, 5.74) is 0.518. The summed E-state index contributed by atoms with van der Waals surface area (Å²) in [6, 6.07) is 4.60. The number of alkyl halides is 3. The first-order chi connectivity index (χ1) is 12.9. The molecule has 0 saturated carbocycles. The van der Waals surface area contributed by atoms with Crippen LogP contribution in [0, 0.1) is 0 Å². The van der Waals surface area contributed by atoms with Crippen LogP contribution >= 0.6 is 0 Å². The van der Waals surface area contributed by atoms with E-state index in [0.717, 1.165) is 32.1 Å². The van der Waals surface area contributed by atoms with E-state index in [0.29, 0.717) is 13.1 Å². The summed E-state index contributed by atoms with van der Waals surface area (Å²) < 4.78 is 39.2. The maximum atomic E-state index is 13.1. The topological polar surface area (TPSA) is 35.6 Å². The average Bonchev–Trinajstić information content (AvgIpc) is 2.67. The maximum Gasteiger partial charge on any atom is 0.418 e. The van der Waals surface area contributed by atoms with Gasteiger partial charge in [-0.15, -0.1) is 0 Å². The van der Waals surface area contributed by atoms with E-state index >= 15 is 0 Å². The highest BCUT2D eigenvalue weighted by atomic mass is 19.4. The zero-order chi connectivity index (χ0) is 19.3. The van der Waals surface area contributed by atoms with Gasteiger partial charge in [-0.25, -0.2) is 4.79 Å². The number of allylic oxidation sites excluding steroid dienone is 1. The summed E-state index contributed by atoms with van der Waals surface area (Å²) in [7, 11) is 0. The van der Waals surface area contributed by atoms with Crippen molar-refractivity contribution < 1.29 is 18.0 Å². The Kier molecular flexibility index (Phi) is 6.42. The molecule has 148 valence electrons. The second-order valence-corrected chi connectivity index (χ2v) is 7.16. The molecule has 0 bridgehead atoms. The number of halogens is 3. The molecule has 1 fully saturated rings. The molecule has 0 radical (unpaired) electrons. The van der Waals surface area contributed by atoms with Gasteiger partial charge in [0.05, 0.1) is 11.3 Å². The smallest absolute Gasteiger partial charge is 0.322 e. The Morgan fingerprint density at radius 1 is 1.07 bits per heavy atom. The number of urea groups is 1. The van der Waals surface area contributed by atoms with Crippen LogP contribution in [0.5, 0.6) is 0 Å². The summed E-state index contributed by atoms with van der Waals surface area (Å²) in [6.07, 6.45) is 3.88. The molecule has 1 aromatic carbocycles. The van der Waals surface area contributed by atoms with Gasteiger partial charge < -0.3 is 10.2 Å². The largest absolute Gasteiger partial charge is 0.418 e. The minimum Gasteiger partial charge on any atom is -0.322 e. The maximum absolute atomic E-state index is 13.1. The highest BCUT2D eigenvalue weighted by molar-refractivity contribution is 5.90. The molecule has 3 rings (SSSR count). The molecule has 0 spiro atoms. The van der Waals surface area contributed by atoms with Crippen molar-refractivity contribution in [3.05, 3.63) is 41.5 Å². The Hall–Kier alpha value is -2.02. The number of benzene rings is 1. The van der Waals surface area contributed by atoms with Crippen LogP contribution in [0.25, 0.3) is 0 Å². The zero-order valence-electron chi connectivity index (χ0n) is 15.4. The quantitative estimate of drug-likeness (QED) is 0.765. The van der Waals surface area contributed by atoms with E-state index in [1.54, 1.807) is 4.90 Å². The van der Waals surface area contributed by atoms with Crippen LogP contribution in [0.15, 0.2) is 35.9 Å². The van der Waals surface area contributed by atoms with Crippen LogP contribution in [-0.2, 0) is 6.18 Å². The Balaban J connectivity index is 1.48. The van der Waals surface area contributed by atoms with Gasteiger partial charge in [0.2, 0.25) is 0 Å². The van der Waals surface area contributed by atoms with Crippen molar-refractivity contribution in [1.29, 1.82) is 0 Å². The Morgan fingerprint density at radius 3 is 2.48 bits per heavy atom. The fraction of sp³-hybridized carbons (Fsp3) is 0.550. The predicted molar refractivity (Wildman–Crippen MR) is 99.6 cm³/mol. The van der Waals surface area contributed by atoms with Crippen molar-refractivity contribution in [3.8, 4) is 0 Å². The number of para-hydroxylation sites is 1. The third kappa shape index (κ3) is 5.48. The van der Waals surface area contributed by atoms with Gasteiger partial charge >= 0.3 is 12.2 Å². The SMILES string of the molecule is O=C(Nc1ccccc1C(F)(F)F)N1CCN(CCC2=CCCCC2)CC1. The number of piperazine rings is 1. The molecule has 7 heteroatoms. The first-order valence-electron chi connectivity index (χ1n) is 9.56. The summed E-state index contributed by atoms with van der Waals surface area (Å²) in [5, 5.41) is 2.42. The van der Waals surface area contributed by atoms with Gasteiger partial charge in [0.25, 0.3) is 0 Å². The third-order valence-corrected chi connectivity index (χ3v) is 5.27. The van der Waals surface area contributed by atoms with Gasteiger partial charge in [-0.1, -0.05) is 23.8 Å². The first kappa shape index (κ1) is 19.7. The van der Waals surface area contributed by atoms with E-state index in [1.807, 2.05) is 0 Å². The van der Waals surface area contributed by atoms with Crippen LogP contribution < -0.4 is 5.32 Å². The van der Waals surface area contributed by atoms with Crippen molar-refractivity contribution in [3.63, 3.8) is 0 Å². The number of hydrogen-bond acceptors (Lipinski definition) is 2. The van der Waals surface area contributed by atoms with Gasteiger partial charge in [-0.3, -0.25) is 4.90 Å². The van der Waals surface area contributed by atoms with Gasteiger partial charge in [0, 0.05) is 32.7 Å². The van der Waals surface area contributed by atoms with Crippen molar-refractivity contribution in [1.82, 2.24) is 9.80 Å². The molecule has 27 heavy (non-hydrogen) atoms. The van der Waals surface area contributed by atoms with Crippen LogP contribution in [-0.4, -0.2) is 48.6 Å². The van der Waals surface area contributed by atoms with Crippen molar-refractivity contribution >= 4 is 11.7 Å². The van der Waals surface area contributed by atoms with Crippen LogP contribution in [0.3, 0.4) is 0 Å². The Labute approximate surface area is 158 Å². The molecule has 0 unspecified atom stereocenters. The molecule has 2 amide bonds. The predicted octanol–water partition coefficient (Wildman–Crippen LogP) is 4.75. The fourth-order valence-electron chi connectivity index (χ4n) is 3.64. The number of nitrogens with one attached hydrogen (secondary N) is 1. The summed E-state index contributed by atoms with van der Waals surface area (Å²) in [6.45, 7) is 3.54. The highest BCUT2D eigenvalue weighted by Crippen LogP contribution is 2.34. The molecular weight excluding hydrogens is 355 g/mol. The van der Waals surface area contributed by atoms with Gasteiger partial charge in [0.1, 0.15) is 0 Å².